The highest BCUT2D eigenvalue weighted by molar-refractivity contribution is 7.89. The van der Waals surface area contributed by atoms with Gasteiger partial charge in [-0.1, -0.05) is 6.07 Å². The smallest absolute Gasteiger partial charge is 0.341 e. The van der Waals surface area contributed by atoms with Crippen molar-refractivity contribution in [3.05, 3.63) is 45.8 Å². The van der Waals surface area contributed by atoms with Gasteiger partial charge in [0.05, 0.1) is 22.6 Å². The third-order valence-corrected chi connectivity index (χ3v) is 6.64. The fourth-order valence-electron chi connectivity index (χ4n) is 2.45. The van der Waals surface area contributed by atoms with Gasteiger partial charge >= 0.3 is 11.9 Å². The van der Waals surface area contributed by atoms with Crippen molar-refractivity contribution in [3.8, 4) is 0 Å². The number of thiophene rings is 1. The van der Waals surface area contributed by atoms with Gasteiger partial charge in [-0.15, -0.1) is 11.3 Å². The zero-order chi connectivity index (χ0) is 22.5. The van der Waals surface area contributed by atoms with E-state index < -0.39 is 34.5 Å². The lowest BCUT2D eigenvalue weighted by molar-refractivity contribution is -0.119. The molecule has 162 valence electrons. The van der Waals surface area contributed by atoms with E-state index in [9.17, 15) is 22.8 Å². The van der Waals surface area contributed by atoms with E-state index >= 15 is 0 Å². The van der Waals surface area contributed by atoms with Crippen LogP contribution in [-0.4, -0.2) is 46.5 Å². The molecule has 2 rings (SSSR count). The van der Waals surface area contributed by atoms with E-state index in [2.05, 4.69) is 10.0 Å². The molecule has 1 aromatic heterocycles. The summed E-state index contributed by atoms with van der Waals surface area (Å²) in [6.07, 6.45) is 0. The van der Waals surface area contributed by atoms with Crippen LogP contribution in [0.3, 0.4) is 0 Å². The second kappa shape index (κ2) is 9.83. The Kier molecular flexibility index (Phi) is 7.71. The third kappa shape index (κ3) is 5.43. The molecule has 0 saturated carbocycles. The molecule has 2 aromatic rings. The van der Waals surface area contributed by atoms with Crippen LogP contribution in [0.1, 0.15) is 38.1 Å². The van der Waals surface area contributed by atoms with Crippen LogP contribution < -0.4 is 10.0 Å². The number of carbonyl (C=O) groups excluding carboxylic acids is 3. The Morgan fingerprint density at radius 3 is 2.43 bits per heavy atom. The van der Waals surface area contributed by atoms with Gasteiger partial charge in [0.2, 0.25) is 10.0 Å². The maximum Gasteiger partial charge on any atom is 0.341 e. The molecule has 0 spiro atoms. The zero-order valence-corrected chi connectivity index (χ0v) is 18.5. The van der Waals surface area contributed by atoms with Crippen molar-refractivity contribution in [1.29, 1.82) is 0 Å². The lowest BCUT2D eigenvalue weighted by Crippen LogP contribution is -2.22. The lowest BCUT2D eigenvalue weighted by atomic mass is 10.1. The molecule has 11 heteroatoms. The van der Waals surface area contributed by atoms with Gasteiger partial charge in [-0.05, 0) is 51.6 Å². The summed E-state index contributed by atoms with van der Waals surface area (Å²) >= 11 is 1.21. The minimum Gasteiger partial charge on any atom is -0.462 e. The number of amides is 1. The normalized spacial score (nSPS) is 11.1. The number of ether oxygens (including phenoxy) is 2. The first-order valence-corrected chi connectivity index (χ1v) is 11.2. The van der Waals surface area contributed by atoms with Crippen LogP contribution >= 0.6 is 11.3 Å². The Hall–Kier alpha value is -2.76. The second-order valence-corrected chi connectivity index (χ2v) is 9.18. The quantitative estimate of drug-likeness (QED) is 0.586. The molecule has 0 atom stereocenters. The number of anilines is 1. The summed E-state index contributed by atoms with van der Waals surface area (Å²) in [7, 11) is -2.47. The van der Waals surface area contributed by atoms with Crippen LogP contribution in [0.25, 0.3) is 0 Å². The van der Waals surface area contributed by atoms with Gasteiger partial charge in [0, 0.05) is 4.88 Å². The van der Waals surface area contributed by atoms with Crippen LogP contribution in [0.4, 0.5) is 5.00 Å². The number of nitrogens with one attached hydrogen (secondary N) is 2. The minimum absolute atomic E-state index is 0.0193. The van der Waals surface area contributed by atoms with Gasteiger partial charge in [0.15, 0.2) is 6.61 Å². The van der Waals surface area contributed by atoms with Crippen molar-refractivity contribution in [1.82, 2.24) is 4.72 Å². The molecule has 0 aliphatic rings. The highest BCUT2D eigenvalue weighted by Gasteiger charge is 2.22. The first-order chi connectivity index (χ1) is 14.1. The van der Waals surface area contributed by atoms with E-state index in [1.165, 1.54) is 36.6 Å². The van der Waals surface area contributed by atoms with E-state index in [1.54, 1.807) is 13.8 Å². The average Bonchev–Trinajstić information content (AvgIpc) is 2.99. The number of aryl methyl sites for hydroxylation is 1. The van der Waals surface area contributed by atoms with E-state index in [4.69, 9.17) is 9.47 Å². The predicted octanol–water partition coefficient (Wildman–Crippen LogP) is 2.25. The lowest BCUT2D eigenvalue weighted by Gasteiger charge is -2.09. The van der Waals surface area contributed by atoms with Crippen LogP contribution in [0.15, 0.2) is 29.2 Å². The number of hydrogen-bond donors (Lipinski definition) is 2. The summed E-state index contributed by atoms with van der Waals surface area (Å²) in [5.41, 5.74) is 0.950. The van der Waals surface area contributed by atoms with E-state index in [-0.39, 0.29) is 22.6 Å². The number of hydrogen-bond acceptors (Lipinski definition) is 8. The number of carbonyl (C=O) groups is 3. The van der Waals surface area contributed by atoms with Crippen molar-refractivity contribution >= 4 is 44.2 Å². The zero-order valence-electron chi connectivity index (χ0n) is 16.9. The SMILES string of the molecule is CCOC(=O)c1c(NC(=O)COC(=O)c2cccc(S(=O)(=O)NC)c2)sc(C)c1C. The van der Waals surface area contributed by atoms with Gasteiger partial charge in [-0.3, -0.25) is 4.79 Å². The monoisotopic (exact) mass is 454 g/mol. The summed E-state index contributed by atoms with van der Waals surface area (Å²) in [6.45, 7) is 4.83. The summed E-state index contributed by atoms with van der Waals surface area (Å²) in [5.74, 6) is -2.05. The Bertz CT molecular complexity index is 1070. The van der Waals surface area contributed by atoms with Crippen molar-refractivity contribution in [2.24, 2.45) is 0 Å². The molecule has 1 heterocycles. The van der Waals surface area contributed by atoms with Crippen LogP contribution in [0.2, 0.25) is 0 Å². The van der Waals surface area contributed by atoms with E-state index in [0.29, 0.717) is 10.6 Å². The highest BCUT2D eigenvalue weighted by atomic mass is 32.2. The first-order valence-electron chi connectivity index (χ1n) is 8.88. The average molecular weight is 455 g/mol. The molecule has 0 radical (unpaired) electrons. The minimum atomic E-state index is -3.73. The van der Waals surface area contributed by atoms with Crippen LogP contribution in [0.5, 0.6) is 0 Å². The molecule has 0 fully saturated rings. The molecular formula is C19H22N2O7S2. The molecule has 2 N–H and O–H groups in total. The van der Waals surface area contributed by atoms with Crippen molar-refractivity contribution < 1.29 is 32.3 Å². The molecule has 0 aliphatic heterocycles. The fourth-order valence-corrected chi connectivity index (χ4v) is 4.29. The van der Waals surface area contributed by atoms with Gasteiger partial charge < -0.3 is 14.8 Å². The van der Waals surface area contributed by atoms with E-state index in [0.717, 1.165) is 10.9 Å². The molecule has 1 amide bonds. The summed E-state index contributed by atoms with van der Waals surface area (Å²) in [5, 5.41) is 2.87. The maximum atomic E-state index is 12.2. The van der Waals surface area contributed by atoms with Crippen LogP contribution in [0, 0.1) is 13.8 Å². The van der Waals surface area contributed by atoms with Gasteiger partial charge in [-0.25, -0.2) is 22.7 Å². The third-order valence-electron chi connectivity index (χ3n) is 4.10. The largest absolute Gasteiger partial charge is 0.462 e. The molecule has 1 aromatic carbocycles. The Morgan fingerprint density at radius 2 is 1.80 bits per heavy atom. The summed E-state index contributed by atoms with van der Waals surface area (Å²) in [6, 6.07) is 5.24. The Balaban J connectivity index is 2.07. The summed E-state index contributed by atoms with van der Waals surface area (Å²) in [4.78, 5) is 37.3. The molecule has 0 unspecified atom stereocenters. The second-order valence-electron chi connectivity index (χ2n) is 6.07. The first kappa shape index (κ1) is 23.5. The molecular weight excluding hydrogens is 432 g/mol. The van der Waals surface area contributed by atoms with Crippen molar-refractivity contribution in [2.75, 3.05) is 25.6 Å². The number of esters is 2. The topological polar surface area (TPSA) is 128 Å². The molecule has 0 saturated heterocycles. The molecule has 9 nitrogen and oxygen atoms in total. The molecule has 0 bridgehead atoms. The predicted molar refractivity (Wildman–Crippen MR) is 111 cm³/mol. The molecule has 30 heavy (non-hydrogen) atoms. The van der Waals surface area contributed by atoms with Crippen molar-refractivity contribution in [3.63, 3.8) is 0 Å². The fraction of sp³-hybridized carbons (Fsp3) is 0.316. The molecule has 0 aliphatic carbocycles. The Morgan fingerprint density at radius 1 is 1.10 bits per heavy atom. The van der Waals surface area contributed by atoms with Gasteiger partial charge in [-0.2, -0.15) is 0 Å². The summed E-state index contributed by atoms with van der Waals surface area (Å²) < 4.78 is 35.8. The van der Waals surface area contributed by atoms with Crippen molar-refractivity contribution in [2.45, 2.75) is 25.7 Å². The van der Waals surface area contributed by atoms with Gasteiger partial charge in [0.1, 0.15) is 5.00 Å². The van der Waals surface area contributed by atoms with Crippen LogP contribution in [-0.2, 0) is 24.3 Å². The Labute approximate surface area is 178 Å². The number of rotatable bonds is 8. The highest BCUT2D eigenvalue weighted by Crippen LogP contribution is 2.33. The van der Waals surface area contributed by atoms with Gasteiger partial charge in [0.25, 0.3) is 5.91 Å². The standard InChI is InChI=1S/C19H22N2O7S2/c1-5-27-19(24)16-11(2)12(3)29-17(16)21-15(22)10-28-18(23)13-7-6-8-14(9-13)30(25,26)20-4/h6-9,20H,5,10H2,1-4H3,(H,21,22). The van der Waals surface area contributed by atoms with E-state index in [1.807, 2.05) is 6.92 Å². The number of sulfonamides is 1. The number of benzene rings is 1. The maximum absolute atomic E-state index is 12.2.